The Kier molecular flexibility index (Phi) is 5.82. The van der Waals surface area contributed by atoms with Crippen LogP contribution in [0.3, 0.4) is 0 Å². The lowest BCUT2D eigenvalue weighted by atomic mass is 10.1. The van der Waals surface area contributed by atoms with E-state index in [0.29, 0.717) is 6.61 Å². The maximum absolute atomic E-state index is 10.9. The Hall–Kier alpha value is -1.81. The van der Waals surface area contributed by atoms with E-state index in [1.54, 1.807) is 13.3 Å². The van der Waals surface area contributed by atoms with Crippen molar-refractivity contribution in [1.82, 2.24) is 0 Å². The van der Waals surface area contributed by atoms with Crippen LogP contribution < -0.4 is 5.32 Å². The van der Waals surface area contributed by atoms with Gasteiger partial charge in [0.05, 0.1) is 13.7 Å². The molecule has 17 heavy (non-hydrogen) atoms. The molecule has 0 heterocycles. The second-order valence-corrected chi connectivity index (χ2v) is 3.40. The summed E-state index contributed by atoms with van der Waals surface area (Å²) in [7, 11) is 3.02. The van der Waals surface area contributed by atoms with E-state index < -0.39 is 0 Å². The molecule has 92 valence electrons. The van der Waals surface area contributed by atoms with Gasteiger partial charge in [0.25, 0.3) is 0 Å². The minimum absolute atomic E-state index is 0.383. The molecule has 0 fully saturated rings. The molecule has 1 rings (SSSR count). The molecule has 1 aromatic rings. The molecule has 0 saturated heterocycles. The van der Waals surface area contributed by atoms with Gasteiger partial charge in [0, 0.05) is 25.1 Å². The van der Waals surface area contributed by atoms with Crippen LogP contribution in [0.25, 0.3) is 0 Å². The second-order valence-electron chi connectivity index (χ2n) is 3.40. The van der Waals surface area contributed by atoms with Crippen molar-refractivity contribution in [2.45, 2.75) is 6.42 Å². The predicted octanol–water partition coefficient (Wildman–Crippen LogP) is 1.97. The SMILES string of the molecule is COCCc1ccccc1N/C=C/C(=O)OC. The molecule has 0 spiro atoms. The molecule has 0 aliphatic heterocycles. The molecule has 4 nitrogen and oxygen atoms in total. The predicted molar refractivity (Wildman–Crippen MR) is 66.8 cm³/mol. The number of para-hydroxylation sites is 1. The van der Waals surface area contributed by atoms with Gasteiger partial charge in [0.1, 0.15) is 0 Å². The van der Waals surface area contributed by atoms with Gasteiger partial charge < -0.3 is 14.8 Å². The Morgan fingerprint density at radius 1 is 1.35 bits per heavy atom. The summed E-state index contributed by atoms with van der Waals surface area (Å²) in [5.74, 6) is -0.383. The highest BCUT2D eigenvalue weighted by Gasteiger charge is 1.99. The molecular weight excluding hydrogens is 218 g/mol. The van der Waals surface area contributed by atoms with Gasteiger partial charge in [-0.2, -0.15) is 0 Å². The molecule has 0 unspecified atom stereocenters. The maximum atomic E-state index is 10.9. The first kappa shape index (κ1) is 13.3. The lowest BCUT2D eigenvalue weighted by molar-refractivity contribution is -0.134. The molecule has 0 aliphatic rings. The summed E-state index contributed by atoms with van der Waals surface area (Å²) < 4.78 is 9.54. The number of nitrogens with one attached hydrogen (secondary N) is 1. The maximum Gasteiger partial charge on any atom is 0.331 e. The minimum Gasteiger partial charge on any atom is -0.466 e. The third-order valence-electron chi connectivity index (χ3n) is 2.25. The molecule has 1 aromatic carbocycles. The Balaban J connectivity index is 2.63. The van der Waals surface area contributed by atoms with Crippen LogP contribution >= 0.6 is 0 Å². The summed E-state index contributed by atoms with van der Waals surface area (Å²) in [4.78, 5) is 10.9. The van der Waals surface area contributed by atoms with Gasteiger partial charge in [0.15, 0.2) is 0 Å². The fraction of sp³-hybridized carbons (Fsp3) is 0.308. The highest BCUT2D eigenvalue weighted by molar-refractivity contribution is 5.82. The molecule has 1 N–H and O–H groups in total. The number of benzene rings is 1. The summed E-state index contributed by atoms with van der Waals surface area (Å²) in [6.07, 6.45) is 3.73. The van der Waals surface area contributed by atoms with Crippen molar-refractivity contribution in [2.24, 2.45) is 0 Å². The van der Waals surface area contributed by atoms with Crippen LogP contribution in [0.4, 0.5) is 5.69 Å². The van der Waals surface area contributed by atoms with E-state index in [-0.39, 0.29) is 5.97 Å². The molecule has 0 atom stereocenters. The van der Waals surface area contributed by atoms with E-state index in [1.165, 1.54) is 13.2 Å². The largest absolute Gasteiger partial charge is 0.466 e. The fourth-order valence-corrected chi connectivity index (χ4v) is 1.36. The molecule has 0 bridgehead atoms. The zero-order chi connectivity index (χ0) is 12.5. The van der Waals surface area contributed by atoms with Gasteiger partial charge in [-0.25, -0.2) is 4.79 Å². The number of carbonyl (C=O) groups excluding carboxylic acids is 1. The van der Waals surface area contributed by atoms with Crippen LogP contribution in [0.5, 0.6) is 0 Å². The van der Waals surface area contributed by atoms with E-state index in [1.807, 2.05) is 24.3 Å². The molecule has 4 heteroatoms. The Morgan fingerprint density at radius 2 is 2.12 bits per heavy atom. The van der Waals surface area contributed by atoms with Crippen molar-refractivity contribution in [3.8, 4) is 0 Å². The number of rotatable bonds is 6. The number of carbonyl (C=O) groups is 1. The van der Waals surface area contributed by atoms with Crippen molar-refractivity contribution in [3.63, 3.8) is 0 Å². The lowest BCUT2D eigenvalue weighted by Gasteiger charge is -2.08. The zero-order valence-electron chi connectivity index (χ0n) is 10.1. The number of hydrogen-bond acceptors (Lipinski definition) is 4. The number of hydrogen-bond donors (Lipinski definition) is 1. The zero-order valence-corrected chi connectivity index (χ0v) is 10.1. The van der Waals surface area contributed by atoms with Crippen LogP contribution in [0.2, 0.25) is 0 Å². The monoisotopic (exact) mass is 235 g/mol. The first-order valence-corrected chi connectivity index (χ1v) is 5.36. The van der Waals surface area contributed by atoms with Crippen LogP contribution in [-0.4, -0.2) is 26.8 Å². The number of anilines is 1. The summed E-state index contributed by atoms with van der Waals surface area (Å²) in [6.45, 7) is 0.666. The summed E-state index contributed by atoms with van der Waals surface area (Å²) in [6, 6.07) is 7.88. The first-order chi connectivity index (χ1) is 8.27. The third kappa shape index (κ3) is 4.70. The van der Waals surface area contributed by atoms with Crippen molar-refractivity contribution < 1.29 is 14.3 Å². The molecule has 0 aliphatic carbocycles. The van der Waals surface area contributed by atoms with E-state index in [0.717, 1.165) is 17.7 Å². The number of ether oxygens (including phenoxy) is 2. The van der Waals surface area contributed by atoms with Gasteiger partial charge in [0.2, 0.25) is 0 Å². The molecule has 0 radical (unpaired) electrons. The van der Waals surface area contributed by atoms with Crippen molar-refractivity contribution in [2.75, 3.05) is 26.1 Å². The van der Waals surface area contributed by atoms with E-state index in [9.17, 15) is 4.79 Å². The minimum atomic E-state index is -0.383. The van der Waals surface area contributed by atoms with E-state index in [4.69, 9.17) is 4.74 Å². The standard InChI is InChI=1S/C13H17NO3/c1-16-10-8-11-5-3-4-6-12(11)14-9-7-13(15)17-2/h3-7,9,14H,8,10H2,1-2H3/b9-7+. The average Bonchev–Trinajstić information content (AvgIpc) is 2.37. The molecule has 0 amide bonds. The smallest absolute Gasteiger partial charge is 0.331 e. The fourth-order valence-electron chi connectivity index (χ4n) is 1.36. The first-order valence-electron chi connectivity index (χ1n) is 5.36. The van der Waals surface area contributed by atoms with Gasteiger partial charge in [-0.05, 0) is 18.1 Å². The van der Waals surface area contributed by atoms with Gasteiger partial charge in [-0.1, -0.05) is 18.2 Å². The van der Waals surface area contributed by atoms with Crippen molar-refractivity contribution >= 4 is 11.7 Å². The van der Waals surface area contributed by atoms with Crippen LogP contribution in [0, 0.1) is 0 Å². The highest BCUT2D eigenvalue weighted by atomic mass is 16.5. The summed E-state index contributed by atoms with van der Waals surface area (Å²) >= 11 is 0. The van der Waals surface area contributed by atoms with Gasteiger partial charge in [-0.15, -0.1) is 0 Å². The van der Waals surface area contributed by atoms with Gasteiger partial charge >= 0.3 is 5.97 Å². The molecular formula is C13H17NO3. The van der Waals surface area contributed by atoms with E-state index in [2.05, 4.69) is 10.1 Å². The van der Waals surface area contributed by atoms with Crippen molar-refractivity contribution in [3.05, 3.63) is 42.1 Å². The molecule has 0 aromatic heterocycles. The number of methoxy groups -OCH3 is 2. The third-order valence-corrected chi connectivity index (χ3v) is 2.25. The lowest BCUT2D eigenvalue weighted by Crippen LogP contribution is -2.00. The highest BCUT2D eigenvalue weighted by Crippen LogP contribution is 2.15. The number of esters is 1. The van der Waals surface area contributed by atoms with Crippen LogP contribution in [0.15, 0.2) is 36.5 Å². The van der Waals surface area contributed by atoms with Crippen molar-refractivity contribution in [1.29, 1.82) is 0 Å². The Morgan fingerprint density at radius 3 is 2.82 bits per heavy atom. The van der Waals surface area contributed by atoms with Gasteiger partial charge in [-0.3, -0.25) is 0 Å². The Labute approximate surface area is 101 Å². The second kappa shape index (κ2) is 7.46. The van der Waals surface area contributed by atoms with Crippen LogP contribution in [0.1, 0.15) is 5.56 Å². The van der Waals surface area contributed by atoms with Crippen LogP contribution in [-0.2, 0) is 20.7 Å². The topological polar surface area (TPSA) is 47.6 Å². The summed E-state index contributed by atoms with van der Waals surface area (Å²) in [5, 5.41) is 3.05. The quantitative estimate of drug-likeness (QED) is 0.605. The Bertz CT molecular complexity index is 388. The molecule has 0 saturated carbocycles. The summed E-state index contributed by atoms with van der Waals surface area (Å²) in [5.41, 5.74) is 2.11. The average molecular weight is 235 g/mol. The normalized spacial score (nSPS) is 10.5. The van der Waals surface area contributed by atoms with E-state index >= 15 is 0 Å².